The van der Waals surface area contributed by atoms with Crippen molar-refractivity contribution >= 4 is 21.6 Å². The number of benzene rings is 2. The van der Waals surface area contributed by atoms with Crippen molar-refractivity contribution in [3.05, 3.63) is 54.1 Å². The van der Waals surface area contributed by atoms with Gasteiger partial charge in [-0.25, -0.2) is 8.42 Å². The van der Waals surface area contributed by atoms with Crippen molar-refractivity contribution in [2.24, 2.45) is 0 Å². The molecule has 1 amide bonds. The van der Waals surface area contributed by atoms with Crippen molar-refractivity contribution in [1.82, 2.24) is 5.32 Å². The lowest BCUT2D eigenvalue weighted by molar-refractivity contribution is -0.127. The van der Waals surface area contributed by atoms with Crippen LogP contribution < -0.4 is 14.4 Å². The fraction of sp³-hybridized carbons (Fsp3) is 0.409. The minimum atomic E-state index is -3.84. The molecule has 0 bridgehead atoms. The molecule has 0 aliphatic carbocycles. The first-order chi connectivity index (χ1) is 13.9. The van der Waals surface area contributed by atoms with Crippen LogP contribution >= 0.6 is 0 Å². The number of carbonyl (C=O) groups is 1. The monoisotopic (exact) mass is 416 g/mol. The van der Waals surface area contributed by atoms with Gasteiger partial charge >= 0.3 is 0 Å². The highest BCUT2D eigenvalue weighted by atomic mass is 32.2. The molecule has 156 valence electrons. The van der Waals surface area contributed by atoms with E-state index in [9.17, 15) is 13.2 Å². The molecular weight excluding hydrogens is 388 g/mol. The third-order valence-electron chi connectivity index (χ3n) is 5.23. The lowest BCUT2D eigenvalue weighted by atomic mass is 9.99. The van der Waals surface area contributed by atoms with Crippen LogP contribution in [-0.4, -0.2) is 33.5 Å². The lowest BCUT2D eigenvalue weighted by Gasteiger charge is -2.34. The van der Waals surface area contributed by atoms with Crippen molar-refractivity contribution in [2.45, 2.75) is 50.5 Å². The van der Waals surface area contributed by atoms with Gasteiger partial charge in [-0.2, -0.15) is 0 Å². The number of rotatable bonds is 7. The number of nitrogens with one attached hydrogen (secondary N) is 1. The first-order valence-electron chi connectivity index (χ1n) is 10.0. The SMILES string of the molecule is CCCNC(=O)C1CN(S(=O)(=O)c2ccc(C(C)CC)cc2)c2ccccc2O1. The van der Waals surface area contributed by atoms with Crippen LogP contribution in [0.1, 0.15) is 45.1 Å². The standard InChI is InChI=1S/C22H28N2O4S/c1-4-14-23-22(25)21-15-24(19-8-6-7-9-20(19)28-21)29(26,27)18-12-10-17(11-13-18)16(3)5-2/h6-13,16,21H,4-5,14-15H2,1-3H3,(H,23,25). The maximum Gasteiger partial charge on any atom is 0.264 e. The molecule has 7 heteroatoms. The van der Waals surface area contributed by atoms with Gasteiger partial charge in [-0.05, 0) is 48.6 Å². The summed E-state index contributed by atoms with van der Waals surface area (Å²) in [4.78, 5) is 12.7. The molecular formula is C22H28N2O4S. The Hall–Kier alpha value is -2.54. The van der Waals surface area contributed by atoms with E-state index < -0.39 is 16.1 Å². The van der Waals surface area contributed by atoms with Gasteiger partial charge in [0.2, 0.25) is 0 Å². The van der Waals surface area contributed by atoms with Crippen LogP contribution in [0.2, 0.25) is 0 Å². The number of ether oxygens (including phenoxy) is 1. The van der Waals surface area contributed by atoms with Crippen molar-refractivity contribution in [2.75, 3.05) is 17.4 Å². The number of amides is 1. The molecule has 0 aromatic heterocycles. The third-order valence-corrected chi connectivity index (χ3v) is 7.02. The van der Waals surface area contributed by atoms with E-state index in [2.05, 4.69) is 19.2 Å². The van der Waals surface area contributed by atoms with Gasteiger partial charge in [0, 0.05) is 6.54 Å². The predicted octanol–water partition coefficient (Wildman–Crippen LogP) is 3.68. The average Bonchev–Trinajstić information content (AvgIpc) is 2.76. The molecule has 1 aliphatic heterocycles. The molecule has 0 saturated carbocycles. The fourth-order valence-corrected chi connectivity index (χ4v) is 4.74. The molecule has 3 rings (SSSR count). The Kier molecular flexibility index (Phi) is 6.47. The zero-order valence-corrected chi connectivity index (χ0v) is 17.9. The van der Waals surface area contributed by atoms with Crippen LogP contribution in [-0.2, 0) is 14.8 Å². The van der Waals surface area contributed by atoms with Crippen molar-refractivity contribution in [3.63, 3.8) is 0 Å². The molecule has 2 unspecified atom stereocenters. The molecule has 0 saturated heterocycles. The van der Waals surface area contributed by atoms with Gasteiger partial charge in [0.25, 0.3) is 15.9 Å². The van der Waals surface area contributed by atoms with Gasteiger partial charge in [-0.15, -0.1) is 0 Å². The van der Waals surface area contributed by atoms with Crippen LogP contribution in [0, 0.1) is 0 Å². The topological polar surface area (TPSA) is 75.7 Å². The molecule has 2 aromatic rings. The molecule has 1 heterocycles. The van der Waals surface area contributed by atoms with Gasteiger partial charge in [0.1, 0.15) is 5.75 Å². The summed E-state index contributed by atoms with van der Waals surface area (Å²) in [5, 5.41) is 2.79. The second-order valence-corrected chi connectivity index (χ2v) is 9.14. The summed E-state index contributed by atoms with van der Waals surface area (Å²) in [6.45, 7) is 6.62. The molecule has 2 atom stereocenters. The first kappa shape index (κ1) is 21.2. The van der Waals surface area contributed by atoms with E-state index in [-0.39, 0.29) is 17.3 Å². The summed E-state index contributed by atoms with van der Waals surface area (Å²) in [5.74, 6) is 0.436. The molecule has 0 fully saturated rings. The number of para-hydroxylation sites is 2. The van der Waals surface area contributed by atoms with E-state index in [1.54, 1.807) is 36.4 Å². The smallest absolute Gasteiger partial charge is 0.264 e. The Labute approximate surface area is 172 Å². The molecule has 2 aromatic carbocycles. The minimum absolute atomic E-state index is 0.0675. The lowest BCUT2D eigenvalue weighted by Crippen LogP contribution is -2.50. The Bertz CT molecular complexity index is 957. The van der Waals surface area contributed by atoms with Crippen LogP contribution in [0.15, 0.2) is 53.4 Å². The Morgan fingerprint density at radius 3 is 2.52 bits per heavy atom. The molecule has 1 aliphatic rings. The normalized spacial score (nSPS) is 17.2. The number of hydrogen-bond donors (Lipinski definition) is 1. The maximum atomic E-state index is 13.4. The largest absolute Gasteiger partial charge is 0.476 e. The summed E-state index contributed by atoms with van der Waals surface area (Å²) in [5.41, 5.74) is 1.55. The van der Waals surface area contributed by atoms with E-state index in [0.717, 1.165) is 18.4 Å². The molecule has 6 nitrogen and oxygen atoms in total. The summed E-state index contributed by atoms with van der Waals surface area (Å²) in [6.07, 6.45) is 0.877. The quantitative estimate of drug-likeness (QED) is 0.747. The van der Waals surface area contributed by atoms with E-state index in [4.69, 9.17) is 4.74 Å². The summed E-state index contributed by atoms with van der Waals surface area (Å²) < 4.78 is 33.9. The zero-order valence-electron chi connectivity index (χ0n) is 17.1. The van der Waals surface area contributed by atoms with Gasteiger partial charge in [-0.1, -0.05) is 45.0 Å². The average molecular weight is 417 g/mol. The number of hydrogen-bond acceptors (Lipinski definition) is 4. The molecule has 29 heavy (non-hydrogen) atoms. The van der Waals surface area contributed by atoms with Crippen LogP contribution in [0.4, 0.5) is 5.69 Å². The zero-order chi connectivity index (χ0) is 21.0. The Balaban J connectivity index is 1.95. The van der Waals surface area contributed by atoms with Gasteiger partial charge < -0.3 is 10.1 Å². The van der Waals surface area contributed by atoms with Crippen molar-refractivity contribution < 1.29 is 17.9 Å². The fourth-order valence-electron chi connectivity index (χ4n) is 3.26. The van der Waals surface area contributed by atoms with E-state index in [1.165, 1.54) is 4.31 Å². The summed E-state index contributed by atoms with van der Waals surface area (Å²) in [7, 11) is -3.84. The van der Waals surface area contributed by atoms with Crippen LogP contribution in [0.5, 0.6) is 5.75 Å². The van der Waals surface area contributed by atoms with E-state index in [0.29, 0.717) is 23.9 Å². The number of fused-ring (bicyclic) bond motifs is 1. The third kappa shape index (κ3) is 4.40. The summed E-state index contributed by atoms with van der Waals surface area (Å²) in [6, 6.07) is 13.9. The molecule has 0 spiro atoms. The highest BCUT2D eigenvalue weighted by Crippen LogP contribution is 2.37. The van der Waals surface area contributed by atoms with Crippen LogP contribution in [0.3, 0.4) is 0 Å². The maximum absolute atomic E-state index is 13.4. The summed E-state index contributed by atoms with van der Waals surface area (Å²) >= 11 is 0. The van der Waals surface area contributed by atoms with Crippen molar-refractivity contribution in [1.29, 1.82) is 0 Å². The minimum Gasteiger partial charge on any atom is -0.476 e. The van der Waals surface area contributed by atoms with E-state index in [1.807, 2.05) is 19.1 Å². The Morgan fingerprint density at radius 2 is 1.86 bits per heavy atom. The first-order valence-corrected chi connectivity index (χ1v) is 11.5. The number of carbonyl (C=O) groups excluding carboxylic acids is 1. The highest BCUT2D eigenvalue weighted by Gasteiger charge is 2.37. The number of nitrogens with zero attached hydrogens (tertiary/aromatic N) is 1. The van der Waals surface area contributed by atoms with Gasteiger partial charge in [-0.3, -0.25) is 9.10 Å². The predicted molar refractivity (Wildman–Crippen MR) is 114 cm³/mol. The van der Waals surface area contributed by atoms with E-state index >= 15 is 0 Å². The highest BCUT2D eigenvalue weighted by molar-refractivity contribution is 7.92. The number of anilines is 1. The molecule has 0 radical (unpaired) electrons. The van der Waals surface area contributed by atoms with Crippen molar-refractivity contribution in [3.8, 4) is 5.75 Å². The number of sulfonamides is 1. The molecule has 1 N–H and O–H groups in total. The van der Waals surface area contributed by atoms with Gasteiger partial charge in [0.15, 0.2) is 6.10 Å². The second-order valence-electron chi connectivity index (χ2n) is 7.28. The van der Waals surface area contributed by atoms with Gasteiger partial charge in [0.05, 0.1) is 17.1 Å². The second kappa shape index (κ2) is 8.86. The Morgan fingerprint density at radius 1 is 1.17 bits per heavy atom. The van der Waals surface area contributed by atoms with Crippen LogP contribution in [0.25, 0.3) is 0 Å².